The quantitative estimate of drug-likeness (QED) is 0.812. The first kappa shape index (κ1) is 12.4. The van der Waals surface area contributed by atoms with Crippen LogP contribution in [0, 0.1) is 17.5 Å². The van der Waals surface area contributed by atoms with Crippen molar-refractivity contribution in [3.63, 3.8) is 0 Å². The molecular formula is C12H15F3N2. The third-order valence-electron chi connectivity index (χ3n) is 2.98. The first-order valence-corrected chi connectivity index (χ1v) is 5.73. The van der Waals surface area contributed by atoms with Gasteiger partial charge < -0.3 is 10.2 Å². The molecule has 0 spiro atoms. The number of hydrogen-bond donors (Lipinski definition) is 1. The highest BCUT2D eigenvalue weighted by atomic mass is 19.2. The monoisotopic (exact) mass is 244 g/mol. The molecule has 1 saturated heterocycles. The molecule has 2 rings (SSSR count). The summed E-state index contributed by atoms with van der Waals surface area (Å²) < 4.78 is 39.3. The predicted octanol–water partition coefficient (Wildman–Crippen LogP) is 1.55. The van der Waals surface area contributed by atoms with E-state index in [0.29, 0.717) is 19.0 Å². The molecule has 0 atom stereocenters. The van der Waals surface area contributed by atoms with E-state index in [4.69, 9.17) is 0 Å². The highest BCUT2D eigenvalue weighted by Crippen LogP contribution is 2.15. The molecule has 0 aliphatic carbocycles. The zero-order valence-corrected chi connectivity index (χ0v) is 9.48. The largest absolute Gasteiger partial charge is 0.314 e. The Morgan fingerprint density at radius 1 is 1.12 bits per heavy atom. The molecule has 94 valence electrons. The average molecular weight is 244 g/mol. The summed E-state index contributed by atoms with van der Waals surface area (Å²) in [5, 5.41) is 3.21. The molecule has 1 aromatic carbocycles. The van der Waals surface area contributed by atoms with Crippen molar-refractivity contribution in [1.82, 2.24) is 10.2 Å². The van der Waals surface area contributed by atoms with Crippen LogP contribution in [0.4, 0.5) is 13.2 Å². The van der Waals surface area contributed by atoms with Crippen molar-refractivity contribution in [3.8, 4) is 0 Å². The summed E-state index contributed by atoms with van der Waals surface area (Å²) in [6, 6.07) is 1.64. The van der Waals surface area contributed by atoms with Crippen molar-refractivity contribution < 1.29 is 13.2 Å². The maximum Gasteiger partial charge on any atom is 0.162 e. The van der Waals surface area contributed by atoms with Crippen LogP contribution in [0.3, 0.4) is 0 Å². The smallest absolute Gasteiger partial charge is 0.162 e. The third-order valence-corrected chi connectivity index (χ3v) is 2.98. The Morgan fingerprint density at radius 3 is 2.53 bits per heavy atom. The summed E-state index contributed by atoms with van der Waals surface area (Å²) in [7, 11) is 0. The first-order chi connectivity index (χ1) is 8.16. The van der Waals surface area contributed by atoms with Crippen molar-refractivity contribution in [3.05, 3.63) is 35.1 Å². The fourth-order valence-electron chi connectivity index (χ4n) is 2.00. The van der Waals surface area contributed by atoms with Crippen LogP contribution in [-0.2, 0) is 6.42 Å². The Hall–Kier alpha value is -1.07. The molecule has 0 radical (unpaired) electrons. The lowest BCUT2D eigenvalue weighted by Crippen LogP contribution is -2.44. The van der Waals surface area contributed by atoms with Gasteiger partial charge in [0.2, 0.25) is 0 Å². The molecule has 1 aromatic rings. The van der Waals surface area contributed by atoms with Gasteiger partial charge in [-0.15, -0.1) is 0 Å². The van der Waals surface area contributed by atoms with Crippen molar-refractivity contribution in [2.45, 2.75) is 6.42 Å². The second kappa shape index (κ2) is 5.51. The van der Waals surface area contributed by atoms with Crippen LogP contribution in [0.25, 0.3) is 0 Å². The maximum atomic E-state index is 13.4. The minimum Gasteiger partial charge on any atom is -0.314 e. The van der Waals surface area contributed by atoms with Gasteiger partial charge in [-0.2, -0.15) is 0 Å². The maximum absolute atomic E-state index is 13.4. The molecule has 0 unspecified atom stereocenters. The second-order valence-corrected chi connectivity index (χ2v) is 4.20. The predicted molar refractivity (Wildman–Crippen MR) is 59.3 cm³/mol. The SMILES string of the molecule is Fc1cc(F)c(F)c(CCN2CCNCC2)c1. The molecule has 5 heteroatoms. The lowest BCUT2D eigenvalue weighted by atomic mass is 10.1. The summed E-state index contributed by atoms with van der Waals surface area (Å²) in [5.41, 5.74) is 0.112. The molecule has 1 aliphatic heterocycles. The lowest BCUT2D eigenvalue weighted by molar-refractivity contribution is 0.243. The number of rotatable bonds is 3. The summed E-state index contributed by atoms with van der Waals surface area (Å²) in [5.74, 6) is -2.76. The van der Waals surface area contributed by atoms with Crippen LogP contribution < -0.4 is 5.32 Å². The summed E-state index contributed by atoms with van der Waals surface area (Å²) in [6.07, 6.45) is 0.334. The van der Waals surface area contributed by atoms with E-state index in [2.05, 4.69) is 10.2 Å². The lowest BCUT2D eigenvalue weighted by Gasteiger charge is -2.27. The number of nitrogens with zero attached hydrogens (tertiary/aromatic N) is 1. The molecule has 1 heterocycles. The fraction of sp³-hybridized carbons (Fsp3) is 0.500. The Kier molecular flexibility index (Phi) is 4.02. The van der Waals surface area contributed by atoms with Gasteiger partial charge in [0.05, 0.1) is 0 Å². The number of halogens is 3. The van der Waals surface area contributed by atoms with E-state index in [1.54, 1.807) is 0 Å². The van der Waals surface area contributed by atoms with Gasteiger partial charge in [0, 0.05) is 38.8 Å². The van der Waals surface area contributed by atoms with Crippen molar-refractivity contribution in [1.29, 1.82) is 0 Å². The topological polar surface area (TPSA) is 15.3 Å². The van der Waals surface area contributed by atoms with Crippen molar-refractivity contribution >= 4 is 0 Å². The number of benzene rings is 1. The summed E-state index contributed by atoms with van der Waals surface area (Å²) in [4.78, 5) is 2.15. The van der Waals surface area contributed by atoms with Crippen LogP contribution >= 0.6 is 0 Å². The molecule has 1 fully saturated rings. The number of piperazine rings is 1. The zero-order valence-electron chi connectivity index (χ0n) is 9.48. The van der Waals surface area contributed by atoms with E-state index in [9.17, 15) is 13.2 Å². The van der Waals surface area contributed by atoms with Crippen molar-refractivity contribution in [2.75, 3.05) is 32.7 Å². The average Bonchev–Trinajstić information content (AvgIpc) is 2.33. The normalized spacial score (nSPS) is 17.4. The van der Waals surface area contributed by atoms with Crippen LogP contribution in [-0.4, -0.2) is 37.6 Å². The minimum atomic E-state index is -1.11. The fourth-order valence-corrected chi connectivity index (χ4v) is 2.00. The Labute approximate surface area is 98.4 Å². The molecule has 0 saturated carbocycles. The standard InChI is InChI=1S/C12H15F3N2/c13-10-7-9(12(15)11(14)8-10)1-4-17-5-2-16-3-6-17/h7-8,16H,1-6H2. The number of nitrogens with one attached hydrogen (secondary N) is 1. The molecule has 1 aliphatic rings. The van der Waals surface area contributed by atoms with Gasteiger partial charge in [0.1, 0.15) is 5.82 Å². The molecule has 2 nitrogen and oxygen atoms in total. The zero-order chi connectivity index (χ0) is 12.3. The van der Waals surface area contributed by atoms with Gasteiger partial charge in [-0.05, 0) is 18.1 Å². The van der Waals surface area contributed by atoms with Gasteiger partial charge >= 0.3 is 0 Å². The van der Waals surface area contributed by atoms with Crippen LogP contribution in [0.2, 0.25) is 0 Å². The molecule has 0 aromatic heterocycles. The number of hydrogen-bond acceptors (Lipinski definition) is 2. The van der Waals surface area contributed by atoms with Crippen LogP contribution in [0.15, 0.2) is 12.1 Å². The third kappa shape index (κ3) is 3.20. The molecule has 0 bridgehead atoms. The van der Waals surface area contributed by atoms with Crippen LogP contribution in [0.1, 0.15) is 5.56 Å². The minimum absolute atomic E-state index is 0.112. The van der Waals surface area contributed by atoms with E-state index >= 15 is 0 Å². The Morgan fingerprint density at radius 2 is 1.82 bits per heavy atom. The summed E-state index contributed by atoms with van der Waals surface area (Å²) in [6.45, 7) is 4.21. The van der Waals surface area contributed by atoms with E-state index < -0.39 is 17.5 Å². The highest BCUT2D eigenvalue weighted by molar-refractivity contribution is 5.20. The molecular weight excluding hydrogens is 229 g/mol. The van der Waals surface area contributed by atoms with Gasteiger partial charge in [0.15, 0.2) is 11.6 Å². The van der Waals surface area contributed by atoms with Gasteiger partial charge in [0.25, 0.3) is 0 Å². The molecule has 17 heavy (non-hydrogen) atoms. The molecule has 0 amide bonds. The van der Waals surface area contributed by atoms with Gasteiger partial charge in [-0.1, -0.05) is 0 Å². The van der Waals surface area contributed by atoms with Gasteiger partial charge in [-0.3, -0.25) is 0 Å². The Bertz CT molecular complexity index is 390. The first-order valence-electron chi connectivity index (χ1n) is 5.73. The highest BCUT2D eigenvalue weighted by Gasteiger charge is 2.14. The van der Waals surface area contributed by atoms with E-state index in [1.807, 2.05) is 0 Å². The van der Waals surface area contributed by atoms with Crippen LogP contribution in [0.5, 0.6) is 0 Å². The Balaban J connectivity index is 1.98. The van der Waals surface area contributed by atoms with E-state index in [-0.39, 0.29) is 5.56 Å². The second-order valence-electron chi connectivity index (χ2n) is 4.20. The van der Waals surface area contributed by atoms with Crippen molar-refractivity contribution in [2.24, 2.45) is 0 Å². The van der Waals surface area contributed by atoms with E-state index in [0.717, 1.165) is 32.2 Å². The molecule has 1 N–H and O–H groups in total. The summed E-state index contributed by atoms with van der Waals surface area (Å²) >= 11 is 0. The van der Waals surface area contributed by atoms with E-state index in [1.165, 1.54) is 0 Å². The van der Waals surface area contributed by atoms with Gasteiger partial charge in [-0.25, -0.2) is 13.2 Å².